The van der Waals surface area contributed by atoms with Crippen LogP contribution in [0.1, 0.15) is 33.4 Å². The second kappa shape index (κ2) is 17.8. The Balaban J connectivity index is 0.000000299. The maximum absolute atomic E-state index is 13.3. The fourth-order valence-corrected chi connectivity index (χ4v) is 8.12. The summed E-state index contributed by atoms with van der Waals surface area (Å²) in [6.45, 7) is 0. The molecule has 0 fully saturated rings. The van der Waals surface area contributed by atoms with Crippen LogP contribution in [0.2, 0.25) is 0 Å². The highest BCUT2D eigenvalue weighted by atomic mass is 79.9. The Morgan fingerprint density at radius 2 is 0.767 bits per heavy atom. The van der Waals surface area contributed by atoms with Gasteiger partial charge in [-0.25, -0.2) is 0 Å². The van der Waals surface area contributed by atoms with Gasteiger partial charge >= 0.3 is 24.7 Å². The molecule has 0 saturated heterocycles. The lowest BCUT2D eigenvalue weighted by Crippen LogP contribution is -2.74. The van der Waals surface area contributed by atoms with Crippen molar-refractivity contribution in [1.29, 1.82) is 0 Å². The third-order valence-electron chi connectivity index (χ3n) is 9.49. The fraction of sp³-hybridized carbons (Fsp3) is 0.136. The van der Waals surface area contributed by atoms with E-state index >= 15 is 0 Å². The van der Waals surface area contributed by atoms with E-state index in [9.17, 15) is 56.9 Å². The second-order valence-electron chi connectivity index (χ2n) is 13.7. The Bertz CT molecular complexity index is 2230. The van der Waals surface area contributed by atoms with Crippen LogP contribution in [0.3, 0.4) is 0 Å². The summed E-state index contributed by atoms with van der Waals surface area (Å²) in [4.78, 5) is 0. The van der Waals surface area contributed by atoms with Crippen LogP contribution in [0.15, 0.2) is 156 Å². The first-order valence-electron chi connectivity index (χ1n) is 17.6. The molecule has 1 atom stereocenters. The van der Waals surface area contributed by atoms with Crippen molar-refractivity contribution in [2.75, 3.05) is 6.26 Å². The van der Waals surface area contributed by atoms with Crippen molar-refractivity contribution in [3.63, 3.8) is 0 Å². The molecule has 0 aliphatic heterocycles. The van der Waals surface area contributed by atoms with Crippen LogP contribution < -0.4 is 21.9 Å². The van der Waals surface area contributed by atoms with Crippen LogP contribution in [0, 0.1) is 11.2 Å². The lowest BCUT2D eigenvalue weighted by molar-refractivity contribution is -0.138. The highest BCUT2D eigenvalue weighted by Gasteiger charge is 2.38. The number of alkyl halides is 12. The molecule has 0 aliphatic carbocycles. The zero-order valence-electron chi connectivity index (χ0n) is 30.9. The van der Waals surface area contributed by atoms with E-state index in [2.05, 4.69) is 27.1 Å². The Morgan fingerprint density at radius 3 is 1.05 bits per heavy atom. The smallest absolute Gasteiger partial charge is 0.195 e. The van der Waals surface area contributed by atoms with Crippen molar-refractivity contribution in [2.45, 2.75) is 30.5 Å². The largest absolute Gasteiger partial charge is 0.416 e. The number of hydrogen-bond acceptors (Lipinski definition) is 1. The molecule has 1 unspecified atom stereocenters. The van der Waals surface area contributed by atoms with Crippen LogP contribution in [-0.4, -0.2) is 12.4 Å². The maximum atomic E-state index is 13.3. The first-order chi connectivity index (χ1) is 27.9. The standard InChI is InChI=1S/C28H16BF12.C16H14BrOS/c30-25(31,32)17-1-9-21(10-2-17)29(22-11-3-18(4-12-22)26(33,34)35,23-13-5-19(6-14-23)27(36,37)38)24-15-7-20(8-16-24)28(39,40)41;1-19(18,12-11-14-5-3-2-4-6-14)13-15-7-9-16(17)10-8-15/h1-16H;2-10H,13H2,1H3/q-1;+1. The van der Waals surface area contributed by atoms with Crippen molar-refractivity contribution in [3.05, 3.63) is 190 Å². The van der Waals surface area contributed by atoms with Crippen molar-refractivity contribution >= 4 is 53.9 Å². The van der Waals surface area contributed by atoms with Gasteiger partial charge in [0.2, 0.25) is 0 Å². The summed E-state index contributed by atoms with van der Waals surface area (Å²) in [5.74, 6) is 3.47. The third kappa shape index (κ3) is 11.3. The first kappa shape index (κ1) is 45.8. The minimum Gasteiger partial charge on any atom is -0.195 e. The predicted molar refractivity (Wildman–Crippen MR) is 215 cm³/mol. The van der Waals surface area contributed by atoms with E-state index < -0.39 is 63.0 Å². The van der Waals surface area contributed by atoms with Gasteiger partial charge in [0.1, 0.15) is 18.2 Å². The van der Waals surface area contributed by atoms with E-state index in [1.165, 1.54) is 0 Å². The molecular weight excluding hydrogens is 895 g/mol. The molecule has 0 aliphatic rings. The highest BCUT2D eigenvalue weighted by Crippen LogP contribution is 2.32. The van der Waals surface area contributed by atoms with Gasteiger partial charge < -0.3 is 0 Å². The molecule has 0 spiro atoms. The predicted octanol–water partition coefficient (Wildman–Crippen LogP) is 11.2. The zero-order valence-corrected chi connectivity index (χ0v) is 33.4. The first-order valence-corrected chi connectivity index (χ1v) is 20.5. The molecule has 6 aromatic carbocycles. The van der Waals surface area contributed by atoms with Crippen LogP contribution in [-0.2, 0) is 44.6 Å². The molecule has 0 heterocycles. The van der Waals surface area contributed by atoms with Gasteiger partial charge in [-0.2, -0.15) is 74.5 Å². The summed E-state index contributed by atoms with van der Waals surface area (Å²) in [6.07, 6.45) is -20.3. The van der Waals surface area contributed by atoms with Crippen LogP contribution in [0.25, 0.3) is 0 Å². The fourth-order valence-electron chi connectivity index (χ4n) is 6.62. The summed E-state index contributed by atoms with van der Waals surface area (Å²) >= 11 is 3.39. The minimum atomic E-state index is -4.77. The molecule has 16 heteroatoms. The number of benzene rings is 6. The van der Waals surface area contributed by atoms with Crippen LogP contribution in [0.5, 0.6) is 0 Å². The van der Waals surface area contributed by atoms with E-state index in [0.29, 0.717) is 54.3 Å². The van der Waals surface area contributed by atoms with Gasteiger partial charge in [0.05, 0.1) is 22.3 Å². The van der Waals surface area contributed by atoms with E-state index in [4.69, 9.17) is 0 Å². The van der Waals surface area contributed by atoms with Gasteiger partial charge in [-0.15, -0.1) is 0 Å². The molecule has 0 aromatic heterocycles. The number of halogens is 13. The zero-order chi connectivity index (χ0) is 44.1. The van der Waals surface area contributed by atoms with E-state index in [1.807, 2.05) is 54.6 Å². The van der Waals surface area contributed by atoms with Crippen molar-refractivity contribution < 1.29 is 56.9 Å². The van der Waals surface area contributed by atoms with Gasteiger partial charge in [-0.3, -0.25) is 0 Å². The minimum absolute atomic E-state index is 0.0114. The summed E-state index contributed by atoms with van der Waals surface area (Å²) in [7, 11) is -2.17. The monoisotopic (exact) mass is 924 g/mol. The SMILES string of the molecule is C[S+](=O)(C#Cc1ccccc1)Cc1ccc(Br)cc1.FC(F)(F)c1ccc([B-](c2ccc(C(F)(F)F)cc2)(c2ccc(C(F)(F)F)cc2)c2ccc(C(F)(F)F)cc2)cc1. The molecule has 312 valence electrons. The molecule has 0 amide bonds. The summed E-state index contributed by atoms with van der Waals surface area (Å²) in [6, 6.07) is 31.0. The normalized spacial score (nSPS) is 13.3. The number of hydrogen-bond donors (Lipinski definition) is 0. The van der Waals surface area contributed by atoms with E-state index in [0.717, 1.165) is 64.1 Å². The number of rotatable bonds is 6. The van der Waals surface area contributed by atoms with E-state index in [1.54, 1.807) is 6.26 Å². The Morgan fingerprint density at radius 1 is 0.467 bits per heavy atom. The molecule has 0 bridgehead atoms. The van der Waals surface area contributed by atoms with Crippen LogP contribution in [0.4, 0.5) is 52.7 Å². The second-order valence-corrected chi connectivity index (χ2v) is 17.1. The average molecular weight is 925 g/mol. The lowest BCUT2D eigenvalue weighted by atomic mass is 9.13. The Labute approximate surface area is 346 Å². The summed E-state index contributed by atoms with van der Waals surface area (Å²) in [5, 5.41) is 2.90. The van der Waals surface area contributed by atoms with Crippen LogP contribution >= 0.6 is 15.9 Å². The van der Waals surface area contributed by atoms with Gasteiger partial charge in [0.15, 0.2) is 15.2 Å². The Hall–Kier alpha value is -5.27. The maximum Gasteiger partial charge on any atom is 0.416 e. The van der Waals surface area contributed by atoms with Crippen molar-refractivity contribution in [3.8, 4) is 11.2 Å². The molecule has 0 saturated carbocycles. The Kier molecular flexibility index (Phi) is 13.6. The molecule has 0 N–H and O–H groups in total. The molecule has 6 rings (SSSR count). The molecule has 6 aromatic rings. The molecule has 0 radical (unpaired) electrons. The average Bonchev–Trinajstić information content (AvgIpc) is 3.18. The quantitative estimate of drug-likeness (QED) is 0.0704. The highest BCUT2D eigenvalue weighted by molar-refractivity contribution is 9.10. The molecular formula is C44H30BBrF12OS. The van der Waals surface area contributed by atoms with Gasteiger partial charge in [0.25, 0.3) is 0 Å². The topological polar surface area (TPSA) is 17.1 Å². The van der Waals surface area contributed by atoms with Crippen molar-refractivity contribution in [2.24, 2.45) is 0 Å². The summed E-state index contributed by atoms with van der Waals surface area (Å²) < 4.78 is 174. The van der Waals surface area contributed by atoms with Gasteiger partial charge in [0, 0.05) is 15.6 Å². The summed E-state index contributed by atoms with van der Waals surface area (Å²) in [5.41, 5.74) is -2.36. The van der Waals surface area contributed by atoms with Gasteiger partial charge in [-0.05, 0) is 30.2 Å². The molecule has 60 heavy (non-hydrogen) atoms. The molecule has 1 nitrogen and oxygen atoms in total. The van der Waals surface area contributed by atoms with E-state index in [-0.39, 0.29) is 21.9 Å². The van der Waals surface area contributed by atoms with Gasteiger partial charge in [-0.1, -0.05) is 148 Å². The lowest BCUT2D eigenvalue weighted by Gasteiger charge is -2.44. The van der Waals surface area contributed by atoms with Crippen molar-refractivity contribution in [1.82, 2.24) is 0 Å². The third-order valence-corrected chi connectivity index (χ3v) is 11.4.